The molecule has 0 rings (SSSR count). The van der Waals surface area contributed by atoms with Gasteiger partial charge in [0.25, 0.3) is 0 Å². The van der Waals surface area contributed by atoms with Crippen LogP contribution in [0.4, 0.5) is 0 Å². The summed E-state index contributed by atoms with van der Waals surface area (Å²) in [4.78, 5) is 9.65. The SMILES string of the molecule is CCCCCCCC/C=C\CCCCCCCCCCOP(=O)(O)OCC[N+](C)(C)C. The molecule has 0 heterocycles. The predicted molar refractivity (Wildman–Crippen MR) is 133 cm³/mol. The lowest BCUT2D eigenvalue weighted by Gasteiger charge is -2.24. The van der Waals surface area contributed by atoms with Crippen LogP contribution in [0.1, 0.15) is 110 Å². The molecular weight excluding hydrogens is 409 g/mol. The number of unbranched alkanes of at least 4 members (excludes halogenated alkanes) is 14. The number of likely N-dealkylation sites (N-methyl/N-ethyl adjacent to an activating group) is 1. The molecule has 0 radical (unpaired) electrons. The molecule has 0 saturated heterocycles. The molecule has 0 fully saturated rings. The zero-order chi connectivity index (χ0) is 23.3. The maximum Gasteiger partial charge on any atom is 0.472 e. The Morgan fingerprint density at radius 3 is 1.58 bits per heavy atom. The maximum absolute atomic E-state index is 11.8. The molecule has 0 aliphatic carbocycles. The Morgan fingerprint density at radius 2 is 1.10 bits per heavy atom. The summed E-state index contributed by atoms with van der Waals surface area (Å²) in [5, 5.41) is 0. The highest BCUT2D eigenvalue weighted by Gasteiger charge is 2.21. The number of quaternary nitrogens is 1. The second kappa shape index (κ2) is 20.4. The van der Waals surface area contributed by atoms with Crippen molar-refractivity contribution < 1.29 is 23.0 Å². The van der Waals surface area contributed by atoms with E-state index in [0.717, 1.165) is 12.8 Å². The van der Waals surface area contributed by atoms with Crippen LogP contribution in [0, 0.1) is 0 Å². The fraction of sp³-hybridized carbons (Fsp3) is 0.920. The van der Waals surface area contributed by atoms with E-state index in [1.165, 1.54) is 89.9 Å². The van der Waals surface area contributed by atoms with Gasteiger partial charge < -0.3 is 9.38 Å². The first-order valence-electron chi connectivity index (χ1n) is 12.8. The molecule has 31 heavy (non-hydrogen) atoms. The second-order valence-corrected chi connectivity index (χ2v) is 11.2. The summed E-state index contributed by atoms with van der Waals surface area (Å²) in [6.45, 7) is 3.46. The fourth-order valence-electron chi connectivity index (χ4n) is 3.35. The molecule has 1 atom stereocenters. The predicted octanol–water partition coefficient (Wildman–Crippen LogP) is 7.64. The van der Waals surface area contributed by atoms with Crippen LogP contribution in [-0.4, -0.2) is 50.3 Å². The first kappa shape index (κ1) is 30.8. The normalized spacial score (nSPS) is 14.4. The summed E-state index contributed by atoms with van der Waals surface area (Å²) in [5.41, 5.74) is 0. The zero-order valence-electron chi connectivity index (χ0n) is 21.2. The van der Waals surface area contributed by atoms with Gasteiger partial charge in [-0.3, -0.25) is 9.05 Å². The number of hydrogen-bond acceptors (Lipinski definition) is 3. The van der Waals surface area contributed by atoms with Gasteiger partial charge in [0, 0.05) is 0 Å². The summed E-state index contributed by atoms with van der Waals surface area (Å²) in [6, 6.07) is 0. The van der Waals surface area contributed by atoms with Gasteiger partial charge in [0.05, 0.1) is 27.7 Å². The Hall–Kier alpha value is -0.190. The van der Waals surface area contributed by atoms with E-state index in [9.17, 15) is 9.46 Å². The van der Waals surface area contributed by atoms with Gasteiger partial charge in [-0.05, 0) is 32.1 Å². The Balaban J connectivity index is 3.32. The minimum absolute atomic E-state index is 0.228. The molecule has 0 bridgehead atoms. The van der Waals surface area contributed by atoms with Crippen LogP contribution in [0.25, 0.3) is 0 Å². The number of allylic oxidation sites excluding steroid dienone is 2. The van der Waals surface area contributed by atoms with E-state index in [0.29, 0.717) is 17.6 Å². The van der Waals surface area contributed by atoms with Crippen molar-refractivity contribution in [2.75, 3.05) is 40.9 Å². The van der Waals surface area contributed by atoms with Gasteiger partial charge in [0.15, 0.2) is 0 Å². The van der Waals surface area contributed by atoms with Crippen LogP contribution in [0.15, 0.2) is 12.2 Å². The minimum Gasteiger partial charge on any atom is -0.329 e. The van der Waals surface area contributed by atoms with Gasteiger partial charge in [-0.25, -0.2) is 4.57 Å². The number of phosphoric ester groups is 1. The highest BCUT2D eigenvalue weighted by atomic mass is 31.2. The number of phosphoric acid groups is 1. The second-order valence-electron chi connectivity index (χ2n) is 9.79. The van der Waals surface area contributed by atoms with Crippen molar-refractivity contribution in [2.24, 2.45) is 0 Å². The van der Waals surface area contributed by atoms with Gasteiger partial charge in [0.2, 0.25) is 0 Å². The van der Waals surface area contributed by atoms with E-state index >= 15 is 0 Å². The highest BCUT2D eigenvalue weighted by molar-refractivity contribution is 7.47. The number of nitrogens with zero attached hydrogens (tertiary/aromatic N) is 1. The van der Waals surface area contributed by atoms with Gasteiger partial charge >= 0.3 is 7.82 Å². The Bertz CT molecular complexity index is 463. The first-order valence-corrected chi connectivity index (χ1v) is 14.3. The molecule has 0 aromatic heterocycles. The van der Waals surface area contributed by atoms with Crippen LogP contribution in [0.3, 0.4) is 0 Å². The smallest absolute Gasteiger partial charge is 0.329 e. The quantitative estimate of drug-likeness (QED) is 0.0733. The topological polar surface area (TPSA) is 55.8 Å². The molecule has 0 aliphatic rings. The van der Waals surface area contributed by atoms with Gasteiger partial charge in [-0.2, -0.15) is 0 Å². The van der Waals surface area contributed by atoms with Crippen molar-refractivity contribution >= 4 is 7.82 Å². The molecule has 186 valence electrons. The summed E-state index contributed by atoms with van der Waals surface area (Å²) >= 11 is 0. The van der Waals surface area contributed by atoms with Gasteiger partial charge in [-0.15, -0.1) is 0 Å². The van der Waals surface area contributed by atoms with Gasteiger partial charge in [-0.1, -0.05) is 89.7 Å². The monoisotopic (exact) mass is 462 g/mol. The third-order valence-corrected chi connectivity index (χ3v) is 6.44. The third-order valence-electron chi connectivity index (χ3n) is 5.43. The molecule has 0 aliphatic heterocycles. The first-order chi connectivity index (χ1) is 14.8. The van der Waals surface area contributed by atoms with E-state index < -0.39 is 7.82 Å². The minimum atomic E-state index is -3.89. The molecule has 0 aromatic carbocycles. The van der Waals surface area contributed by atoms with Crippen molar-refractivity contribution in [3.8, 4) is 0 Å². The molecule has 1 unspecified atom stereocenters. The Kier molecular flexibility index (Phi) is 20.3. The lowest BCUT2D eigenvalue weighted by molar-refractivity contribution is -0.870. The van der Waals surface area contributed by atoms with Crippen LogP contribution in [0.2, 0.25) is 0 Å². The highest BCUT2D eigenvalue weighted by Crippen LogP contribution is 2.43. The van der Waals surface area contributed by atoms with Crippen LogP contribution in [-0.2, 0) is 13.6 Å². The van der Waals surface area contributed by atoms with Crippen molar-refractivity contribution in [3.63, 3.8) is 0 Å². The Morgan fingerprint density at radius 1 is 0.677 bits per heavy atom. The molecule has 0 spiro atoms. The standard InChI is InChI=1S/C25H52NO4P/c1-5-6-7-8-9-10-11-12-13-14-15-16-17-18-19-20-21-22-24-29-31(27,28)30-25-23-26(2,3)4/h12-13H,5-11,14-25H2,1-4H3/p+1/b13-12-. The van der Waals surface area contributed by atoms with Crippen molar-refractivity contribution in [2.45, 2.75) is 110 Å². The van der Waals surface area contributed by atoms with Crippen LogP contribution < -0.4 is 0 Å². The molecule has 6 heteroatoms. The average Bonchev–Trinajstić information content (AvgIpc) is 2.68. The van der Waals surface area contributed by atoms with E-state index in [1.54, 1.807) is 0 Å². The lowest BCUT2D eigenvalue weighted by Crippen LogP contribution is -2.37. The molecular formula is C25H53NO4P+. The number of hydrogen-bond donors (Lipinski definition) is 1. The molecule has 5 nitrogen and oxygen atoms in total. The lowest BCUT2D eigenvalue weighted by atomic mass is 10.1. The Labute approximate surface area is 193 Å². The molecule has 0 saturated carbocycles. The fourth-order valence-corrected chi connectivity index (χ4v) is 4.10. The van der Waals surface area contributed by atoms with E-state index in [2.05, 4.69) is 19.1 Å². The van der Waals surface area contributed by atoms with E-state index in [-0.39, 0.29) is 6.61 Å². The van der Waals surface area contributed by atoms with Crippen molar-refractivity contribution in [3.05, 3.63) is 12.2 Å². The average molecular weight is 463 g/mol. The number of rotatable bonds is 23. The van der Waals surface area contributed by atoms with Crippen molar-refractivity contribution in [1.29, 1.82) is 0 Å². The molecule has 0 aromatic rings. The molecule has 0 amide bonds. The molecule has 1 N–H and O–H groups in total. The van der Waals surface area contributed by atoms with Gasteiger partial charge in [0.1, 0.15) is 13.2 Å². The summed E-state index contributed by atoms with van der Waals surface area (Å²) in [5.74, 6) is 0. The third kappa shape index (κ3) is 25.9. The summed E-state index contributed by atoms with van der Waals surface area (Å²) in [6.07, 6.45) is 25.0. The zero-order valence-corrected chi connectivity index (χ0v) is 22.1. The summed E-state index contributed by atoms with van der Waals surface area (Å²) < 4.78 is 22.5. The van der Waals surface area contributed by atoms with E-state index in [4.69, 9.17) is 9.05 Å². The van der Waals surface area contributed by atoms with Crippen LogP contribution in [0.5, 0.6) is 0 Å². The largest absolute Gasteiger partial charge is 0.472 e. The van der Waals surface area contributed by atoms with Crippen molar-refractivity contribution in [1.82, 2.24) is 0 Å². The van der Waals surface area contributed by atoms with Crippen LogP contribution >= 0.6 is 7.82 Å². The maximum atomic E-state index is 11.8. The summed E-state index contributed by atoms with van der Waals surface area (Å²) in [7, 11) is 2.16. The van der Waals surface area contributed by atoms with E-state index in [1.807, 2.05) is 21.1 Å².